The van der Waals surface area contributed by atoms with E-state index in [1.807, 2.05) is 6.07 Å². The number of pyridine rings is 1. The van der Waals surface area contributed by atoms with Crippen LogP contribution in [0.5, 0.6) is 5.75 Å². The number of nitrogens with zero attached hydrogens (tertiary/aromatic N) is 2. The number of nitrogens with two attached hydrogens (primary N) is 1. The Kier molecular flexibility index (Phi) is 3.23. The van der Waals surface area contributed by atoms with Gasteiger partial charge < -0.3 is 10.5 Å². The van der Waals surface area contributed by atoms with Gasteiger partial charge >= 0.3 is 0 Å². The van der Waals surface area contributed by atoms with Gasteiger partial charge in [0.15, 0.2) is 0 Å². The molecule has 13 heavy (non-hydrogen) atoms. The summed E-state index contributed by atoms with van der Waals surface area (Å²) in [7, 11) is 1.57. The molecule has 68 valence electrons. The number of ether oxygens (including phenoxy) is 1. The molecule has 0 spiro atoms. The molecule has 0 aromatic carbocycles. The highest BCUT2D eigenvalue weighted by Gasteiger charge is 2.06. The van der Waals surface area contributed by atoms with Gasteiger partial charge in [0, 0.05) is 12.2 Å². The summed E-state index contributed by atoms with van der Waals surface area (Å²) >= 11 is 0. The van der Waals surface area contributed by atoms with Crippen molar-refractivity contribution in [2.45, 2.75) is 12.5 Å². The van der Waals surface area contributed by atoms with Gasteiger partial charge in [-0.3, -0.25) is 4.98 Å². The first kappa shape index (κ1) is 9.49. The Morgan fingerprint density at radius 2 is 2.46 bits per heavy atom. The summed E-state index contributed by atoms with van der Waals surface area (Å²) in [6.45, 7) is 0. The third-order valence-corrected chi connectivity index (χ3v) is 1.71. The maximum absolute atomic E-state index is 8.44. The summed E-state index contributed by atoms with van der Waals surface area (Å²) < 4.78 is 4.98. The molecule has 0 unspecified atom stereocenters. The Morgan fingerprint density at radius 1 is 1.69 bits per heavy atom. The Labute approximate surface area is 77.0 Å². The monoisotopic (exact) mass is 177 g/mol. The lowest BCUT2D eigenvalue weighted by molar-refractivity contribution is 0.411. The minimum atomic E-state index is -0.285. The minimum Gasteiger partial charge on any atom is -0.495 e. The van der Waals surface area contributed by atoms with Crippen LogP contribution < -0.4 is 10.5 Å². The van der Waals surface area contributed by atoms with Crippen molar-refractivity contribution in [2.24, 2.45) is 5.73 Å². The largest absolute Gasteiger partial charge is 0.495 e. The third kappa shape index (κ3) is 2.42. The molecule has 1 aromatic rings. The lowest BCUT2D eigenvalue weighted by atomic mass is 10.1. The van der Waals surface area contributed by atoms with Crippen molar-refractivity contribution in [1.82, 2.24) is 4.98 Å². The molecule has 0 bridgehead atoms. The van der Waals surface area contributed by atoms with Crippen molar-refractivity contribution >= 4 is 0 Å². The van der Waals surface area contributed by atoms with Gasteiger partial charge in [-0.1, -0.05) is 0 Å². The third-order valence-electron chi connectivity index (χ3n) is 1.71. The van der Waals surface area contributed by atoms with E-state index in [1.54, 1.807) is 25.6 Å². The number of hydrogen-bond donors (Lipinski definition) is 1. The van der Waals surface area contributed by atoms with Gasteiger partial charge in [-0.05, 0) is 11.6 Å². The maximum atomic E-state index is 8.44. The van der Waals surface area contributed by atoms with Gasteiger partial charge in [0.05, 0.1) is 25.8 Å². The first-order valence-electron chi connectivity index (χ1n) is 3.89. The first-order valence-corrected chi connectivity index (χ1v) is 3.89. The average molecular weight is 177 g/mol. The summed E-state index contributed by atoms with van der Waals surface area (Å²) in [6.07, 6.45) is 3.53. The van der Waals surface area contributed by atoms with E-state index in [0.717, 1.165) is 5.56 Å². The molecule has 4 nitrogen and oxygen atoms in total. The van der Waals surface area contributed by atoms with Gasteiger partial charge in [0.25, 0.3) is 0 Å². The molecule has 4 heteroatoms. The number of nitriles is 1. The van der Waals surface area contributed by atoms with Crippen LogP contribution in [0.1, 0.15) is 18.0 Å². The van der Waals surface area contributed by atoms with E-state index in [-0.39, 0.29) is 12.5 Å². The van der Waals surface area contributed by atoms with Crippen molar-refractivity contribution in [3.05, 3.63) is 24.0 Å². The van der Waals surface area contributed by atoms with Crippen LogP contribution in [-0.2, 0) is 0 Å². The van der Waals surface area contributed by atoms with Crippen LogP contribution in [0.3, 0.4) is 0 Å². The lowest BCUT2D eigenvalue weighted by Gasteiger charge is -2.07. The van der Waals surface area contributed by atoms with Crippen LogP contribution in [-0.4, -0.2) is 12.1 Å². The van der Waals surface area contributed by atoms with E-state index in [0.29, 0.717) is 5.75 Å². The fourth-order valence-corrected chi connectivity index (χ4v) is 0.966. The van der Waals surface area contributed by atoms with Gasteiger partial charge in [-0.2, -0.15) is 5.26 Å². The predicted octanol–water partition coefficient (Wildman–Crippen LogP) is 1.00. The molecule has 1 aromatic heterocycles. The molecular formula is C9H11N3O. The van der Waals surface area contributed by atoms with Crippen molar-refractivity contribution in [1.29, 1.82) is 5.26 Å². The lowest BCUT2D eigenvalue weighted by Crippen LogP contribution is -2.09. The first-order chi connectivity index (χ1) is 6.27. The van der Waals surface area contributed by atoms with Crippen molar-refractivity contribution in [3.8, 4) is 11.8 Å². The SMILES string of the molecule is COc1cncc([C@H](N)CC#N)c1. The Bertz CT molecular complexity index is 319. The summed E-state index contributed by atoms with van der Waals surface area (Å²) in [4.78, 5) is 3.94. The Morgan fingerprint density at radius 3 is 3.08 bits per heavy atom. The number of aromatic nitrogens is 1. The zero-order valence-electron chi connectivity index (χ0n) is 7.40. The molecule has 0 saturated carbocycles. The van der Waals surface area contributed by atoms with Crippen LogP contribution in [0.4, 0.5) is 0 Å². The summed E-state index contributed by atoms with van der Waals surface area (Å²) in [5.41, 5.74) is 6.53. The highest BCUT2D eigenvalue weighted by Crippen LogP contribution is 2.17. The molecule has 2 N–H and O–H groups in total. The number of methoxy groups -OCH3 is 1. The molecule has 0 amide bonds. The highest BCUT2D eigenvalue weighted by atomic mass is 16.5. The smallest absolute Gasteiger partial charge is 0.137 e. The summed E-state index contributed by atoms with van der Waals surface area (Å²) in [5, 5.41) is 8.44. The summed E-state index contributed by atoms with van der Waals surface area (Å²) in [5.74, 6) is 0.658. The molecule has 0 aliphatic carbocycles. The molecule has 0 radical (unpaired) electrons. The normalized spacial score (nSPS) is 11.8. The highest BCUT2D eigenvalue weighted by molar-refractivity contribution is 5.26. The van der Waals surface area contributed by atoms with Crippen molar-refractivity contribution in [2.75, 3.05) is 7.11 Å². The Hall–Kier alpha value is -1.60. The standard InChI is InChI=1S/C9H11N3O/c1-13-8-4-7(5-12-6-8)9(11)2-3-10/h4-6,9H,2,11H2,1H3/t9-/m1/s1. The molecule has 0 aliphatic rings. The molecule has 0 aliphatic heterocycles. The van der Waals surface area contributed by atoms with Crippen LogP contribution in [0.2, 0.25) is 0 Å². The average Bonchev–Trinajstić information content (AvgIpc) is 2.18. The second-order valence-corrected chi connectivity index (χ2v) is 2.63. The Balaban J connectivity index is 2.83. The maximum Gasteiger partial charge on any atom is 0.137 e. The number of hydrogen-bond acceptors (Lipinski definition) is 4. The number of rotatable bonds is 3. The fourth-order valence-electron chi connectivity index (χ4n) is 0.966. The van der Waals surface area contributed by atoms with Gasteiger partial charge in [-0.25, -0.2) is 0 Å². The minimum absolute atomic E-state index is 0.285. The molecule has 1 heterocycles. The van der Waals surface area contributed by atoms with Crippen LogP contribution in [0.25, 0.3) is 0 Å². The quantitative estimate of drug-likeness (QED) is 0.747. The van der Waals surface area contributed by atoms with E-state index in [2.05, 4.69) is 4.98 Å². The van der Waals surface area contributed by atoms with Crippen LogP contribution in [0, 0.1) is 11.3 Å². The van der Waals surface area contributed by atoms with E-state index in [1.165, 1.54) is 0 Å². The van der Waals surface area contributed by atoms with Crippen molar-refractivity contribution in [3.63, 3.8) is 0 Å². The summed E-state index contributed by atoms with van der Waals surface area (Å²) in [6, 6.07) is 3.51. The van der Waals surface area contributed by atoms with E-state index in [4.69, 9.17) is 15.7 Å². The molecule has 1 rings (SSSR count). The predicted molar refractivity (Wildman–Crippen MR) is 47.9 cm³/mol. The molecule has 0 fully saturated rings. The molecule has 0 saturated heterocycles. The van der Waals surface area contributed by atoms with Gasteiger partial charge in [-0.15, -0.1) is 0 Å². The van der Waals surface area contributed by atoms with E-state index >= 15 is 0 Å². The van der Waals surface area contributed by atoms with Gasteiger partial charge in [0.1, 0.15) is 5.75 Å². The van der Waals surface area contributed by atoms with Gasteiger partial charge in [0.2, 0.25) is 0 Å². The zero-order valence-corrected chi connectivity index (χ0v) is 7.40. The second-order valence-electron chi connectivity index (χ2n) is 2.63. The second kappa shape index (κ2) is 4.43. The molecular weight excluding hydrogens is 166 g/mol. The molecule has 1 atom stereocenters. The van der Waals surface area contributed by atoms with E-state index < -0.39 is 0 Å². The van der Waals surface area contributed by atoms with Crippen molar-refractivity contribution < 1.29 is 4.74 Å². The fraction of sp³-hybridized carbons (Fsp3) is 0.333. The van der Waals surface area contributed by atoms with Crippen LogP contribution >= 0.6 is 0 Å². The van der Waals surface area contributed by atoms with E-state index in [9.17, 15) is 0 Å². The zero-order chi connectivity index (χ0) is 9.68. The topological polar surface area (TPSA) is 71.9 Å². The van der Waals surface area contributed by atoms with Crippen LogP contribution in [0.15, 0.2) is 18.5 Å².